The highest BCUT2D eigenvalue weighted by molar-refractivity contribution is 5.91. The second-order valence-corrected chi connectivity index (χ2v) is 8.27. The number of carbonyl (C=O) groups excluding carboxylic acids is 1. The van der Waals surface area contributed by atoms with Crippen molar-refractivity contribution in [3.05, 3.63) is 11.6 Å². The fourth-order valence-corrected chi connectivity index (χ4v) is 6.45. The summed E-state index contributed by atoms with van der Waals surface area (Å²) in [6.07, 6.45) is 15.9. The summed E-state index contributed by atoms with van der Waals surface area (Å²) in [6, 6.07) is 0. The quantitative estimate of drug-likeness (QED) is 0.664. The van der Waals surface area contributed by atoms with Crippen LogP contribution in [-0.4, -0.2) is 16.5 Å². The standard InChI is InChI=1S/C20H26O2.C2H6/c1-3-20-11-8-16-15-7-5-14(21)12-13(15)4-6-17(16)18(20)9-10-19(20,2)22;1-2/h1,12,15-18,22H,4-11H2,2H3;1-2H3/t15-,16+,17+,18-,19-,20-;/m0./s1. The lowest BCUT2D eigenvalue weighted by molar-refractivity contribution is -0.116. The topological polar surface area (TPSA) is 37.3 Å². The molecule has 4 aliphatic carbocycles. The van der Waals surface area contributed by atoms with Gasteiger partial charge in [-0.2, -0.15) is 0 Å². The van der Waals surface area contributed by atoms with E-state index in [1.165, 1.54) is 5.57 Å². The van der Waals surface area contributed by atoms with Gasteiger partial charge in [-0.05, 0) is 81.6 Å². The molecule has 0 unspecified atom stereocenters. The van der Waals surface area contributed by atoms with Crippen molar-refractivity contribution >= 4 is 5.78 Å². The summed E-state index contributed by atoms with van der Waals surface area (Å²) < 4.78 is 0. The lowest BCUT2D eigenvalue weighted by Crippen LogP contribution is -2.52. The van der Waals surface area contributed by atoms with E-state index in [4.69, 9.17) is 6.42 Å². The molecule has 3 saturated carbocycles. The zero-order valence-electron chi connectivity index (χ0n) is 15.5. The Hall–Kier alpha value is -1.07. The molecular weight excluding hydrogens is 296 g/mol. The summed E-state index contributed by atoms with van der Waals surface area (Å²) in [7, 11) is 0. The number of allylic oxidation sites excluding steroid dienone is 1. The molecule has 0 spiro atoms. The number of fused-ring (bicyclic) bond motifs is 5. The molecule has 0 aromatic rings. The predicted molar refractivity (Wildman–Crippen MR) is 97.2 cm³/mol. The minimum absolute atomic E-state index is 0.306. The van der Waals surface area contributed by atoms with Crippen LogP contribution in [0.5, 0.6) is 0 Å². The minimum atomic E-state index is -0.698. The van der Waals surface area contributed by atoms with E-state index < -0.39 is 5.60 Å². The minimum Gasteiger partial charge on any atom is -0.389 e. The molecule has 0 amide bonds. The number of hydrogen-bond acceptors (Lipinski definition) is 2. The van der Waals surface area contributed by atoms with Gasteiger partial charge in [-0.15, -0.1) is 6.42 Å². The van der Waals surface area contributed by atoms with Gasteiger partial charge in [0.2, 0.25) is 0 Å². The van der Waals surface area contributed by atoms with Gasteiger partial charge >= 0.3 is 0 Å². The molecule has 0 saturated heterocycles. The lowest BCUT2D eigenvalue weighted by atomic mass is 9.50. The smallest absolute Gasteiger partial charge is 0.155 e. The molecule has 6 atom stereocenters. The Labute approximate surface area is 147 Å². The van der Waals surface area contributed by atoms with E-state index >= 15 is 0 Å². The summed E-state index contributed by atoms with van der Waals surface area (Å²) in [6.45, 7) is 5.96. The largest absolute Gasteiger partial charge is 0.389 e. The Morgan fingerprint density at radius 2 is 1.88 bits per heavy atom. The van der Waals surface area contributed by atoms with Gasteiger partial charge in [-0.3, -0.25) is 4.79 Å². The van der Waals surface area contributed by atoms with Crippen molar-refractivity contribution in [2.45, 2.75) is 77.7 Å². The Kier molecular flexibility index (Phi) is 4.69. The molecule has 24 heavy (non-hydrogen) atoms. The van der Waals surface area contributed by atoms with E-state index in [1.807, 2.05) is 26.8 Å². The Balaban J connectivity index is 0.000000815. The highest BCUT2D eigenvalue weighted by Crippen LogP contribution is 2.64. The van der Waals surface area contributed by atoms with Crippen LogP contribution in [0.2, 0.25) is 0 Å². The van der Waals surface area contributed by atoms with Gasteiger partial charge < -0.3 is 5.11 Å². The van der Waals surface area contributed by atoms with Crippen LogP contribution in [0.4, 0.5) is 0 Å². The first-order valence-electron chi connectivity index (χ1n) is 9.92. The summed E-state index contributed by atoms with van der Waals surface area (Å²) in [4.78, 5) is 11.7. The molecule has 0 aliphatic heterocycles. The molecule has 0 aromatic heterocycles. The van der Waals surface area contributed by atoms with Crippen LogP contribution in [0.1, 0.15) is 72.1 Å². The summed E-state index contributed by atoms with van der Waals surface area (Å²) in [5.41, 5.74) is 0.408. The van der Waals surface area contributed by atoms with E-state index in [-0.39, 0.29) is 5.41 Å². The molecule has 132 valence electrons. The zero-order chi connectivity index (χ0) is 17.5. The molecule has 0 bridgehead atoms. The van der Waals surface area contributed by atoms with Gasteiger partial charge in [0, 0.05) is 6.42 Å². The molecule has 2 heteroatoms. The van der Waals surface area contributed by atoms with Crippen molar-refractivity contribution in [1.82, 2.24) is 0 Å². The summed E-state index contributed by atoms with van der Waals surface area (Å²) in [5, 5.41) is 10.9. The van der Waals surface area contributed by atoms with Crippen LogP contribution >= 0.6 is 0 Å². The van der Waals surface area contributed by atoms with E-state index in [0.717, 1.165) is 51.4 Å². The van der Waals surface area contributed by atoms with E-state index in [2.05, 4.69) is 5.92 Å². The highest BCUT2D eigenvalue weighted by atomic mass is 16.3. The SMILES string of the molecule is C#C[C@]12CC[C@H]3[C@@H](CCC4=CC(=O)CC[C@@H]43)[C@@H]1CC[C@]2(C)O.CC. The maximum Gasteiger partial charge on any atom is 0.155 e. The average molecular weight is 328 g/mol. The second kappa shape index (κ2) is 6.34. The van der Waals surface area contributed by atoms with Crippen LogP contribution in [0, 0.1) is 41.4 Å². The zero-order valence-corrected chi connectivity index (χ0v) is 15.5. The van der Waals surface area contributed by atoms with Crippen molar-refractivity contribution in [2.24, 2.45) is 29.1 Å². The maximum absolute atomic E-state index is 11.7. The van der Waals surface area contributed by atoms with Crippen LogP contribution in [0.15, 0.2) is 11.6 Å². The Bertz CT molecular complexity index is 579. The second-order valence-electron chi connectivity index (χ2n) is 8.27. The fraction of sp³-hybridized carbons (Fsp3) is 0.773. The first-order valence-corrected chi connectivity index (χ1v) is 9.92. The Morgan fingerprint density at radius 3 is 2.58 bits per heavy atom. The third-order valence-corrected chi connectivity index (χ3v) is 7.54. The van der Waals surface area contributed by atoms with Gasteiger partial charge in [0.05, 0.1) is 11.0 Å². The molecule has 0 aromatic carbocycles. The summed E-state index contributed by atoms with van der Waals surface area (Å²) >= 11 is 0. The van der Waals surface area contributed by atoms with Crippen molar-refractivity contribution in [3.63, 3.8) is 0 Å². The number of hydrogen-bond donors (Lipinski definition) is 1. The van der Waals surface area contributed by atoms with Gasteiger partial charge in [-0.25, -0.2) is 0 Å². The van der Waals surface area contributed by atoms with Gasteiger partial charge in [0.15, 0.2) is 5.78 Å². The monoisotopic (exact) mass is 328 g/mol. The van der Waals surface area contributed by atoms with Crippen LogP contribution in [0.25, 0.3) is 0 Å². The number of rotatable bonds is 0. The summed E-state index contributed by atoms with van der Waals surface area (Å²) in [5.74, 6) is 5.81. The van der Waals surface area contributed by atoms with Crippen molar-refractivity contribution < 1.29 is 9.90 Å². The number of carbonyl (C=O) groups is 1. The fourth-order valence-electron chi connectivity index (χ4n) is 6.45. The third kappa shape index (κ3) is 2.39. The number of ketones is 1. The van der Waals surface area contributed by atoms with Gasteiger partial charge in [0.1, 0.15) is 0 Å². The number of terminal acetylenes is 1. The molecule has 1 N–H and O–H groups in total. The lowest BCUT2D eigenvalue weighted by Gasteiger charge is -2.54. The van der Waals surface area contributed by atoms with Crippen LogP contribution < -0.4 is 0 Å². The third-order valence-electron chi connectivity index (χ3n) is 7.54. The molecule has 2 nitrogen and oxygen atoms in total. The van der Waals surface area contributed by atoms with E-state index in [1.54, 1.807) is 0 Å². The highest BCUT2D eigenvalue weighted by Gasteiger charge is 2.62. The van der Waals surface area contributed by atoms with Crippen molar-refractivity contribution in [2.75, 3.05) is 0 Å². The van der Waals surface area contributed by atoms with Crippen molar-refractivity contribution in [3.8, 4) is 12.3 Å². The van der Waals surface area contributed by atoms with E-state index in [9.17, 15) is 9.90 Å². The first kappa shape index (κ1) is 17.7. The molecule has 0 radical (unpaired) electrons. The molecule has 4 rings (SSSR count). The first-order chi connectivity index (χ1) is 11.5. The van der Waals surface area contributed by atoms with Gasteiger partial charge in [-0.1, -0.05) is 25.3 Å². The van der Waals surface area contributed by atoms with Crippen LogP contribution in [0.3, 0.4) is 0 Å². The van der Waals surface area contributed by atoms with Gasteiger partial charge in [0.25, 0.3) is 0 Å². The predicted octanol–water partition coefficient (Wildman–Crippen LogP) is 4.52. The molecule has 0 heterocycles. The van der Waals surface area contributed by atoms with Crippen molar-refractivity contribution in [1.29, 1.82) is 0 Å². The molecular formula is C22H32O2. The molecule has 3 fully saturated rings. The average Bonchev–Trinajstić information content (AvgIpc) is 2.87. The van der Waals surface area contributed by atoms with E-state index in [0.29, 0.717) is 29.5 Å². The van der Waals surface area contributed by atoms with Crippen LogP contribution in [-0.2, 0) is 4.79 Å². The maximum atomic E-state index is 11.7. The Morgan fingerprint density at radius 1 is 1.12 bits per heavy atom. The normalized spacial score (nSPS) is 46.5. The number of aliphatic hydroxyl groups is 1. The molecule has 4 aliphatic rings.